The molecule has 3 rings (SSSR count). The first kappa shape index (κ1) is 12.7. The molecule has 0 bridgehead atoms. The van der Waals surface area contributed by atoms with Crippen LogP contribution >= 0.6 is 34.5 Å². The Labute approximate surface area is 120 Å². The summed E-state index contributed by atoms with van der Waals surface area (Å²) in [7, 11) is 0. The van der Waals surface area contributed by atoms with E-state index in [1.54, 1.807) is 12.1 Å². The molecule has 2 nitrogen and oxygen atoms in total. The molecule has 0 aliphatic rings. The summed E-state index contributed by atoms with van der Waals surface area (Å²) in [6, 6.07) is 5.42. The van der Waals surface area contributed by atoms with Crippen LogP contribution in [-0.4, -0.2) is 9.97 Å². The molecule has 0 atom stereocenters. The number of nitrogens with zero attached hydrogens (tertiary/aromatic N) is 2. The maximum Gasteiger partial charge on any atom is 0.171 e. The second kappa shape index (κ2) is 4.67. The van der Waals surface area contributed by atoms with Crippen LogP contribution in [0.3, 0.4) is 0 Å². The van der Waals surface area contributed by atoms with Crippen molar-refractivity contribution in [1.29, 1.82) is 0 Å². The van der Waals surface area contributed by atoms with Crippen LogP contribution in [0.15, 0.2) is 24.3 Å². The summed E-state index contributed by atoms with van der Waals surface area (Å²) >= 11 is 13.1. The Kier molecular flexibility index (Phi) is 3.12. The number of thiophene rings is 1. The van der Waals surface area contributed by atoms with Gasteiger partial charge in [0.15, 0.2) is 17.5 Å². The van der Waals surface area contributed by atoms with Crippen LogP contribution in [0.25, 0.3) is 21.6 Å². The minimum atomic E-state index is -0.982. The first-order valence-corrected chi connectivity index (χ1v) is 6.70. The van der Waals surface area contributed by atoms with E-state index in [1.165, 1.54) is 11.3 Å². The van der Waals surface area contributed by atoms with E-state index >= 15 is 0 Å². The molecule has 1 aromatic carbocycles. The largest absolute Gasteiger partial charge is 0.227 e. The van der Waals surface area contributed by atoms with E-state index in [2.05, 4.69) is 9.97 Å². The molecule has 0 radical (unpaired) electrons. The molecular formula is C12H4Cl2F2N2S. The highest BCUT2D eigenvalue weighted by molar-refractivity contribution is 7.19. The average molecular weight is 317 g/mol. The van der Waals surface area contributed by atoms with Crippen molar-refractivity contribution in [2.75, 3.05) is 0 Å². The van der Waals surface area contributed by atoms with Crippen molar-refractivity contribution in [2.45, 2.75) is 0 Å². The summed E-state index contributed by atoms with van der Waals surface area (Å²) in [6.45, 7) is 0. The Bertz CT molecular complexity index is 789. The highest BCUT2D eigenvalue weighted by Gasteiger charge is 2.13. The summed E-state index contributed by atoms with van der Waals surface area (Å²) in [5, 5.41) is 0.343. The normalized spacial score (nSPS) is 11.2. The van der Waals surface area contributed by atoms with E-state index in [1.807, 2.05) is 0 Å². The Morgan fingerprint density at radius 2 is 1.74 bits per heavy atom. The molecule has 0 aliphatic carbocycles. The summed E-state index contributed by atoms with van der Waals surface area (Å²) in [5.41, 5.74) is 0.249. The molecule has 0 saturated carbocycles. The predicted octanol–water partition coefficient (Wildman–Crippen LogP) is 4.94. The predicted molar refractivity (Wildman–Crippen MR) is 72.8 cm³/mol. The van der Waals surface area contributed by atoms with Crippen molar-refractivity contribution >= 4 is 45.4 Å². The lowest BCUT2D eigenvalue weighted by Gasteiger charge is -2.03. The monoisotopic (exact) mass is 316 g/mol. The number of fused-ring (bicyclic) bond motifs is 1. The lowest BCUT2D eigenvalue weighted by atomic mass is 10.2. The Hall–Kier alpha value is -1.30. The quantitative estimate of drug-likeness (QED) is 0.594. The molecule has 0 fully saturated rings. The van der Waals surface area contributed by atoms with E-state index in [9.17, 15) is 8.78 Å². The van der Waals surface area contributed by atoms with Crippen molar-refractivity contribution in [3.05, 3.63) is 45.4 Å². The van der Waals surface area contributed by atoms with Gasteiger partial charge in [0.25, 0.3) is 0 Å². The van der Waals surface area contributed by atoms with E-state index in [4.69, 9.17) is 23.2 Å². The third-order valence-electron chi connectivity index (χ3n) is 2.48. The minimum absolute atomic E-state index is 0.0726. The van der Waals surface area contributed by atoms with Gasteiger partial charge >= 0.3 is 0 Å². The van der Waals surface area contributed by atoms with Crippen molar-refractivity contribution in [2.24, 2.45) is 0 Å². The highest BCUT2D eigenvalue weighted by Crippen LogP contribution is 2.32. The molecule has 96 valence electrons. The number of aromatic nitrogens is 2. The van der Waals surface area contributed by atoms with Crippen molar-refractivity contribution in [1.82, 2.24) is 9.97 Å². The molecule has 19 heavy (non-hydrogen) atoms. The zero-order valence-corrected chi connectivity index (χ0v) is 11.5. The third kappa shape index (κ3) is 2.29. The molecular weight excluding hydrogens is 313 g/mol. The van der Waals surface area contributed by atoms with Crippen LogP contribution in [0.5, 0.6) is 0 Å². The zero-order chi connectivity index (χ0) is 13.6. The van der Waals surface area contributed by atoms with Gasteiger partial charge in [-0.3, -0.25) is 0 Å². The van der Waals surface area contributed by atoms with Crippen LogP contribution in [0.1, 0.15) is 0 Å². The van der Waals surface area contributed by atoms with Crippen molar-refractivity contribution < 1.29 is 8.78 Å². The fraction of sp³-hybridized carbons (Fsp3) is 0. The van der Waals surface area contributed by atoms with Gasteiger partial charge in [-0.1, -0.05) is 23.2 Å². The van der Waals surface area contributed by atoms with Gasteiger partial charge in [-0.2, -0.15) is 0 Å². The smallest absolute Gasteiger partial charge is 0.171 e. The molecule has 7 heteroatoms. The molecule has 2 aromatic heterocycles. The van der Waals surface area contributed by atoms with Crippen LogP contribution < -0.4 is 0 Å². The number of rotatable bonds is 1. The van der Waals surface area contributed by atoms with Crippen LogP contribution in [-0.2, 0) is 0 Å². The molecule has 0 spiro atoms. The van der Waals surface area contributed by atoms with Gasteiger partial charge in [-0.15, -0.1) is 11.3 Å². The van der Waals surface area contributed by atoms with Crippen LogP contribution in [0.2, 0.25) is 9.49 Å². The van der Waals surface area contributed by atoms with E-state index in [-0.39, 0.29) is 16.1 Å². The number of halogens is 4. The van der Waals surface area contributed by atoms with Gasteiger partial charge in [0.2, 0.25) is 0 Å². The molecule has 0 unspecified atom stereocenters. The minimum Gasteiger partial charge on any atom is -0.227 e. The molecule has 2 heterocycles. The second-order valence-electron chi connectivity index (χ2n) is 3.73. The van der Waals surface area contributed by atoms with Gasteiger partial charge in [0.05, 0.1) is 14.7 Å². The summed E-state index contributed by atoms with van der Waals surface area (Å²) in [5.74, 6) is -1.62. The van der Waals surface area contributed by atoms with Gasteiger partial charge in [-0.05, 0) is 18.2 Å². The summed E-state index contributed by atoms with van der Waals surface area (Å²) < 4.78 is 27.0. The fourth-order valence-corrected chi connectivity index (χ4v) is 2.84. The van der Waals surface area contributed by atoms with E-state index in [0.717, 1.165) is 12.1 Å². The molecule has 3 aromatic rings. The summed E-state index contributed by atoms with van der Waals surface area (Å²) in [4.78, 5) is 8.95. The van der Waals surface area contributed by atoms with Crippen molar-refractivity contribution in [3.63, 3.8) is 0 Å². The Morgan fingerprint density at radius 3 is 2.42 bits per heavy atom. The van der Waals surface area contributed by atoms with Gasteiger partial charge in [0.1, 0.15) is 5.15 Å². The third-order valence-corrected chi connectivity index (χ3v) is 4.00. The van der Waals surface area contributed by atoms with Gasteiger partial charge in [-0.25, -0.2) is 18.7 Å². The molecule has 0 amide bonds. The first-order chi connectivity index (χ1) is 9.04. The SMILES string of the molecule is Fc1cc2nc(-c3ccc(Cl)s3)nc(Cl)c2cc1F. The summed E-state index contributed by atoms with van der Waals surface area (Å²) in [6.07, 6.45) is 0. The van der Waals surface area contributed by atoms with E-state index < -0.39 is 11.6 Å². The number of hydrogen-bond acceptors (Lipinski definition) is 3. The topological polar surface area (TPSA) is 25.8 Å². The van der Waals surface area contributed by atoms with Gasteiger partial charge < -0.3 is 0 Å². The van der Waals surface area contributed by atoms with Crippen LogP contribution in [0.4, 0.5) is 8.78 Å². The molecule has 0 saturated heterocycles. The highest BCUT2D eigenvalue weighted by atomic mass is 35.5. The lowest BCUT2D eigenvalue weighted by Crippen LogP contribution is -1.93. The average Bonchev–Trinajstić information content (AvgIpc) is 2.78. The van der Waals surface area contributed by atoms with Gasteiger partial charge in [0, 0.05) is 11.5 Å². The zero-order valence-electron chi connectivity index (χ0n) is 9.12. The fourth-order valence-electron chi connectivity index (χ4n) is 1.63. The van der Waals surface area contributed by atoms with Crippen LogP contribution in [0, 0.1) is 11.6 Å². The maximum absolute atomic E-state index is 13.2. The Morgan fingerprint density at radius 1 is 1.00 bits per heavy atom. The molecule has 0 aliphatic heterocycles. The lowest BCUT2D eigenvalue weighted by molar-refractivity contribution is 0.510. The standard InChI is InChI=1S/C12H4Cl2F2N2S/c13-10-2-1-9(19-10)12-17-8-4-7(16)6(15)3-5(8)11(14)18-12/h1-4H. The molecule has 0 N–H and O–H groups in total. The number of hydrogen-bond donors (Lipinski definition) is 0. The van der Waals surface area contributed by atoms with Crippen molar-refractivity contribution in [3.8, 4) is 10.7 Å². The number of benzene rings is 1. The maximum atomic E-state index is 13.2. The first-order valence-electron chi connectivity index (χ1n) is 5.12. The van der Waals surface area contributed by atoms with E-state index in [0.29, 0.717) is 15.0 Å². The second-order valence-corrected chi connectivity index (χ2v) is 5.80. The Balaban J connectivity index is 2.27.